The van der Waals surface area contributed by atoms with Crippen LogP contribution in [0.15, 0.2) is 0 Å². The Kier molecular flexibility index (Phi) is 3.16. The molecule has 0 amide bonds. The number of nitrogens with one attached hydrogen (secondary N) is 1. The molecule has 2 fully saturated rings. The molecule has 2 saturated carbocycles. The van der Waals surface area contributed by atoms with Crippen molar-refractivity contribution in [3.63, 3.8) is 0 Å². The Labute approximate surface area is 88.7 Å². The Morgan fingerprint density at radius 2 is 1.43 bits per heavy atom. The molecule has 1 N–H and O–H groups in total. The lowest BCUT2D eigenvalue weighted by Crippen LogP contribution is -2.53. The predicted octanol–water partition coefficient (Wildman–Crippen LogP) is 3.20. The van der Waals surface area contributed by atoms with E-state index in [2.05, 4.69) is 26.1 Å². The van der Waals surface area contributed by atoms with Gasteiger partial charge in [0, 0.05) is 12.1 Å². The highest BCUT2D eigenvalue weighted by Crippen LogP contribution is 2.33. The van der Waals surface area contributed by atoms with Gasteiger partial charge in [-0.1, -0.05) is 27.2 Å². The van der Waals surface area contributed by atoms with E-state index in [0.29, 0.717) is 0 Å². The Bertz CT molecular complexity index is 180. The van der Waals surface area contributed by atoms with Crippen molar-refractivity contribution in [2.45, 2.75) is 65.0 Å². The summed E-state index contributed by atoms with van der Waals surface area (Å²) in [6.45, 7) is 7.24. The number of rotatable bonds is 2. The van der Waals surface area contributed by atoms with Crippen LogP contribution in [0.2, 0.25) is 0 Å². The van der Waals surface area contributed by atoms with Gasteiger partial charge in [-0.05, 0) is 43.4 Å². The monoisotopic (exact) mass is 195 g/mol. The smallest absolute Gasteiger partial charge is 0.0121 e. The van der Waals surface area contributed by atoms with Crippen molar-refractivity contribution < 1.29 is 0 Å². The molecule has 82 valence electrons. The van der Waals surface area contributed by atoms with Crippen LogP contribution >= 0.6 is 0 Å². The standard InChI is InChI=1S/C13H25N/c1-9-7-8-12(9)14-13-10(2)5-4-6-11(13)3/h9-14H,4-8H2,1-3H3. The fourth-order valence-corrected chi connectivity index (χ4v) is 3.17. The number of hydrogen-bond donors (Lipinski definition) is 1. The third-order valence-electron chi connectivity index (χ3n) is 4.57. The highest BCUT2D eigenvalue weighted by atomic mass is 15.0. The lowest BCUT2D eigenvalue weighted by atomic mass is 9.75. The van der Waals surface area contributed by atoms with Crippen LogP contribution in [0.5, 0.6) is 0 Å². The first-order chi connectivity index (χ1) is 6.68. The topological polar surface area (TPSA) is 12.0 Å². The molecule has 2 aliphatic carbocycles. The molecule has 0 bridgehead atoms. The maximum absolute atomic E-state index is 3.90. The summed E-state index contributed by atoms with van der Waals surface area (Å²) in [5, 5.41) is 3.90. The van der Waals surface area contributed by atoms with Gasteiger partial charge in [0.05, 0.1) is 0 Å². The van der Waals surface area contributed by atoms with Crippen LogP contribution in [0.3, 0.4) is 0 Å². The fourth-order valence-electron chi connectivity index (χ4n) is 3.17. The summed E-state index contributed by atoms with van der Waals surface area (Å²) in [6.07, 6.45) is 7.16. The molecule has 4 unspecified atom stereocenters. The zero-order chi connectivity index (χ0) is 10.1. The van der Waals surface area contributed by atoms with Gasteiger partial charge in [0.1, 0.15) is 0 Å². The predicted molar refractivity (Wildman–Crippen MR) is 61.3 cm³/mol. The first-order valence-electron chi connectivity index (χ1n) is 6.44. The summed E-state index contributed by atoms with van der Waals surface area (Å²) in [5.41, 5.74) is 0. The van der Waals surface area contributed by atoms with Crippen molar-refractivity contribution in [2.24, 2.45) is 17.8 Å². The normalized spacial score (nSPS) is 48.6. The van der Waals surface area contributed by atoms with Crippen LogP contribution in [0, 0.1) is 17.8 Å². The summed E-state index contributed by atoms with van der Waals surface area (Å²) < 4.78 is 0. The van der Waals surface area contributed by atoms with Crippen LogP contribution in [-0.2, 0) is 0 Å². The molecule has 0 heterocycles. The number of hydrogen-bond acceptors (Lipinski definition) is 1. The van der Waals surface area contributed by atoms with E-state index in [1.54, 1.807) is 0 Å². The molecule has 0 aromatic rings. The molecule has 0 aromatic carbocycles. The Balaban J connectivity index is 1.87. The highest BCUT2D eigenvalue weighted by Gasteiger charge is 2.34. The summed E-state index contributed by atoms with van der Waals surface area (Å²) >= 11 is 0. The van der Waals surface area contributed by atoms with Crippen molar-refractivity contribution in [1.82, 2.24) is 5.32 Å². The largest absolute Gasteiger partial charge is 0.310 e. The lowest BCUT2D eigenvalue weighted by molar-refractivity contribution is 0.135. The molecule has 0 saturated heterocycles. The SMILES string of the molecule is CC1CCC1NC1C(C)CCCC1C. The second-order valence-corrected chi connectivity index (χ2v) is 5.74. The zero-order valence-corrected chi connectivity index (χ0v) is 9.92. The zero-order valence-electron chi connectivity index (χ0n) is 9.92. The first-order valence-corrected chi connectivity index (χ1v) is 6.44. The molecule has 0 spiro atoms. The van der Waals surface area contributed by atoms with Gasteiger partial charge in [0.2, 0.25) is 0 Å². The molecule has 0 aliphatic heterocycles. The average molecular weight is 195 g/mol. The summed E-state index contributed by atoms with van der Waals surface area (Å²) in [7, 11) is 0. The van der Waals surface area contributed by atoms with Crippen molar-refractivity contribution in [3.05, 3.63) is 0 Å². The minimum atomic E-state index is 0.802. The molecule has 2 aliphatic rings. The van der Waals surface area contributed by atoms with Gasteiger partial charge in [-0.15, -0.1) is 0 Å². The summed E-state index contributed by atoms with van der Waals surface area (Å²) in [6, 6.07) is 1.64. The first kappa shape index (κ1) is 10.5. The van der Waals surface area contributed by atoms with Crippen LogP contribution in [-0.4, -0.2) is 12.1 Å². The minimum absolute atomic E-state index is 0.802. The maximum Gasteiger partial charge on any atom is 0.0121 e. The quantitative estimate of drug-likeness (QED) is 0.713. The highest BCUT2D eigenvalue weighted by molar-refractivity contribution is 4.91. The molecule has 1 nitrogen and oxygen atoms in total. The van der Waals surface area contributed by atoms with E-state index < -0.39 is 0 Å². The van der Waals surface area contributed by atoms with Crippen molar-refractivity contribution >= 4 is 0 Å². The third-order valence-corrected chi connectivity index (χ3v) is 4.57. The summed E-state index contributed by atoms with van der Waals surface area (Å²) in [4.78, 5) is 0. The molecule has 0 aromatic heterocycles. The minimum Gasteiger partial charge on any atom is -0.310 e. The molecule has 4 atom stereocenters. The third kappa shape index (κ3) is 1.98. The van der Waals surface area contributed by atoms with Gasteiger partial charge in [-0.25, -0.2) is 0 Å². The van der Waals surface area contributed by atoms with Gasteiger partial charge in [0.15, 0.2) is 0 Å². The Hall–Kier alpha value is -0.0400. The van der Waals surface area contributed by atoms with Crippen LogP contribution < -0.4 is 5.32 Å². The van der Waals surface area contributed by atoms with E-state index in [-0.39, 0.29) is 0 Å². The van der Waals surface area contributed by atoms with E-state index in [9.17, 15) is 0 Å². The van der Waals surface area contributed by atoms with E-state index >= 15 is 0 Å². The Morgan fingerprint density at radius 1 is 0.786 bits per heavy atom. The van der Waals surface area contributed by atoms with Crippen molar-refractivity contribution in [3.8, 4) is 0 Å². The molecule has 1 heteroatoms. The van der Waals surface area contributed by atoms with Crippen molar-refractivity contribution in [1.29, 1.82) is 0 Å². The van der Waals surface area contributed by atoms with Gasteiger partial charge in [-0.2, -0.15) is 0 Å². The van der Waals surface area contributed by atoms with Crippen molar-refractivity contribution in [2.75, 3.05) is 0 Å². The van der Waals surface area contributed by atoms with E-state index in [4.69, 9.17) is 0 Å². The van der Waals surface area contributed by atoms with Crippen LogP contribution in [0.25, 0.3) is 0 Å². The van der Waals surface area contributed by atoms with E-state index in [1.165, 1.54) is 32.1 Å². The average Bonchev–Trinajstić information content (AvgIpc) is 2.15. The lowest BCUT2D eigenvalue weighted by Gasteiger charge is -2.43. The second kappa shape index (κ2) is 4.22. The van der Waals surface area contributed by atoms with E-state index in [0.717, 1.165) is 29.8 Å². The molecular formula is C13H25N. The second-order valence-electron chi connectivity index (χ2n) is 5.74. The van der Waals surface area contributed by atoms with Gasteiger partial charge < -0.3 is 5.32 Å². The van der Waals surface area contributed by atoms with E-state index in [1.807, 2.05) is 0 Å². The maximum atomic E-state index is 3.90. The van der Waals surface area contributed by atoms with Crippen LogP contribution in [0.4, 0.5) is 0 Å². The van der Waals surface area contributed by atoms with Gasteiger partial charge >= 0.3 is 0 Å². The summed E-state index contributed by atoms with van der Waals surface area (Å²) in [5.74, 6) is 2.72. The Morgan fingerprint density at radius 3 is 1.86 bits per heavy atom. The molecule has 2 rings (SSSR count). The molecule has 0 radical (unpaired) electrons. The molecule has 14 heavy (non-hydrogen) atoms. The van der Waals surface area contributed by atoms with Crippen LogP contribution in [0.1, 0.15) is 52.9 Å². The van der Waals surface area contributed by atoms with Gasteiger partial charge in [-0.3, -0.25) is 0 Å². The fraction of sp³-hybridized carbons (Fsp3) is 1.00. The van der Waals surface area contributed by atoms with Gasteiger partial charge in [0.25, 0.3) is 0 Å². The molecular weight excluding hydrogens is 170 g/mol.